The quantitative estimate of drug-likeness (QED) is 0.484. The zero-order valence-corrected chi connectivity index (χ0v) is 17.2. The minimum atomic E-state index is -0.300. The van der Waals surface area contributed by atoms with Gasteiger partial charge in [0.1, 0.15) is 10.6 Å². The van der Waals surface area contributed by atoms with Crippen LogP contribution in [0.5, 0.6) is 11.5 Å². The first kappa shape index (κ1) is 18.6. The number of ether oxygens (including phenoxy) is 2. The first-order valence-electron chi connectivity index (χ1n) is 9.39. The number of aryl methyl sites for hydroxylation is 1. The Bertz CT molecular complexity index is 1260. The van der Waals surface area contributed by atoms with Crippen molar-refractivity contribution >= 4 is 27.5 Å². The Balaban J connectivity index is 1.42. The highest BCUT2D eigenvalue weighted by atomic mass is 32.1. The number of rotatable bonds is 4. The molecular weight excluding hydrogens is 405 g/mol. The summed E-state index contributed by atoms with van der Waals surface area (Å²) < 4.78 is 25.8. The Morgan fingerprint density at radius 2 is 1.93 bits per heavy atom. The van der Waals surface area contributed by atoms with Gasteiger partial charge in [-0.3, -0.25) is 4.79 Å². The van der Waals surface area contributed by atoms with Gasteiger partial charge >= 0.3 is 0 Å². The summed E-state index contributed by atoms with van der Waals surface area (Å²) in [6, 6.07) is 13.7. The van der Waals surface area contributed by atoms with Gasteiger partial charge in [0.25, 0.3) is 5.91 Å². The smallest absolute Gasteiger partial charge is 0.264 e. The fourth-order valence-electron chi connectivity index (χ4n) is 3.48. The molecule has 0 unspecified atom stereocenters. The lowest BCUT2D eigenvalue weighted by molar-refractivity contribution is 0.0790. The third kappa shape index (κ3) is 3.19. The highest BCUT2D eigenvalue weighted by Gasteiger charge is 2.21. The van der Waals surface area contributed by atoms with E-state index in [0.29, 0.717) is 17.2 Å². The Kier molecular flexibility index (Phi) is 4.43. The molecule has 0 atom stereocenters. The minimum absolute atomic E-state index is 0.0704. The highest BCUT2D eigenvalue weighted by molar-refractivity contribution is 7.20. The van der Waals surface area contributed by atoms with Crippen LogP contribution in [0.25, 0.3) is 15.9 Å². The molecule has 4 aromatic rings. The van der Waals surface area contributed by atoms with Crippen LogP contribution in [0.15, 0.2) is 48.5 Å². The van der Waals surface area contributed by atoms with E-state index < -0.39 is 0 Å². The Morgan fingerprint density at radius 1 is 1.17 bits per heavy atom. The predicted octanol–water partition coefficient (Wildman–Crippen LogP) is 4.54. The van der Waals surface area contributed by atoms with E-state index >= 15 is 0 Å². The summed E-state index contributed by atoms with van der Waals surface area (Å²) in [5, 5.41) is 5.47. The van der Waals surface area contributed by atoms with Crippen molar-refractivity contribution < 1.29 is 18.7 Å². The van der Waals surface area contributed by atoms with Crippen LogP contribution in [0.2, 0.25) is 0 Å². The summed E-state index contributed by atoms with van der Waals surface area (Å²) in [5.74, 6) is 1.05. The first-order valence-corrected chi connectivity index (χ1v) is 10.2. The number of aromatic nitrogens is 2. The standard InChI is InChI=1S/C22H18FN3O3S/c1-13-17-10-20(30-22(17)26(24-13)16-6-4-15(23)5-7-16)21(27)25(2)11-14-3-8-18-19(9-14)29-12-28-18/h3-10H,11-12H2,1-2H3. The van der Waals surface area contributed by atoms with Gasteiger partial charge in [0.2, 0.25) is 6.79 Å². The summed E-state index contributed by atoms with van der Waals surface area (Å²) >= 11 is 1.38. The van der Waals surface area contributed by atoms with Gasteiger partial charge in [0, 0.05) is 19.0 Å². The van der Waals surface area contributed by atoms with Crippen LogP contribution in [-0.2, 0) is 6.54 Å². The van der Waals surface area contributed by atoms with Gasteiger partial charge in [0.15, 0.2) is 11.5 Å². The zero-order valence-electron chi connectivity index (χ0n) is 16.4. The second-order valence-corrected chi connectivity index (χ2v) is 8.18. The van der Waals surface area contributed by atoms with Crippen LogP contribution >= 0.6 is 11.3 Å². The number of amides is 1. The molecule has 0 aliphatic carbocycles. The van der Waals surface area contributed by atoms with Crippen LogP contribution in [0.3, 0.4) is 0 Å². The lowest BCUT2D eigenvalue weighted by Crippen LogP contribution is -2.25. The molecule has 5 rings (SSSR count). The molecule has 8 heteroatoms. The number of hydrogen-bond acceptors (Lipinski definition) is 5. The van der Waals surface area contributed by atoms with E-state index in [1.54, 1.807) is 28.8 Å². The van der Waals surface area contributed by atoms with Crippen LogP contribution < -0.4 is 9.47 Å². The number of carbonyl (C=O) groups excluding carboxylic acids is 1. The summed E-state index contributed by atoms with van der Waals surface area (Å²) in [5.41, 5.74) is 2.54. The van der Waals surface area contributed by atoms with Crippen molar-refractivity contribution in [2.24, 2.45) is 0 Å². The van der Waals surface area contributed by atoms with E-state index in [-0.39, 0.29) is 18.5 Å². The van der Waals surface area contributed by atoms with Gasteiger partial charge in [-0.2, -0.15) is 5.10 Å². The molecular formula is C22H18FN3O3S. The number of hydrogen-bond donors (Lipinski definition) is 0. The molecule has 152 valence electrons. The average Bonchev–Trinajstić information content (AvgIpc) is 3.44. The van der Waals surface area contributed by atoms with Crippen molar-refractivity contribution in [1.82, 2.24) is 14.7 Å². The average molecular weight is 423 g/mol. The van der Waals surface area contributed by atoms with Crippen LogP contribution in [0.4, 0.5) is 4.39 Å². The molecule has 0 bridgehead atoms. The van der Waals surface area contributed by atoms with E-state index in [1.807, 2.05) is 31.2 Å². The maximum atomic E-state index is 13.3. The van der Waals surface area contributed by atoms with Gasteiger partial charge < -0.3 is 14.4 Å². The number of fused-ring (bicyclic) bond motifs is 2. The molecule has 1 aliphatic rings. The first-order chi connectivity index (χ1) is 14.5. The van der Waals surface area contributed by atoms with Gasteiger partial charge in [-0.1, -0.05) is 6.07 Å². The molecule has 0 fully saturated rings. The number of thiophene rings is 1. The van der Waals surface area contributed by atoms with Crippen LogP contribution in [0, 0.1) is 12.7 Å². The fourth-order valence-corrected chi connectivity index (χ4v) is 4.66. The maximum Gasteiger partial charge on any atom is 0.264 e. The molecule has 1 aliphatic heterocycles. The van der Waals surface area contributed by atoms with E-state index in [2.05, 4.69) is 5.10 Å². The largest absolute Gasteiger partial charge is 0.454 e. The molecule has 0 radical (unpaired) electrons. The van der Waals surface area contributed by atoms with Crippen molar-refractivity contribution in [2.45, 2.75) is 13.5 Å². The Labute approximate surface area is 176 Å². The lowest BCUT2D eigenvalue weighted by Gasteiger charge is -2.16. The van der Waals surface area contributed by atoms with E-state index in [9.17, 15) is 9.18 Å². The van der Waals surface area contributed by atoms with Crippen molar-refractivity contribution in [3.05, 3.63) is 70.5 Å². The Hall–Kier alpha value is -3.39. The van der Waals surface area contributed by atoms with Crippen molar-refractivity contribution in [3.8, 4) is 17.2 Å². The fraction of sp³-hybridized carbons (Fsp3) is 0.182. The number of nitrogens with zero attached hydrogens (tertiary/aromatic N) is 3. The highest BCUT2D eigenvalue weighted by Crippen LogP contribution is 2.34. The minimum Gasteiger partial charge on any atom is -0.454 e. The van der Waals surface area contributed by atoms with Crippen LogP contribution in [0.1, 0.15) is 20.9 Å². The van der Waals surface area contributed by atoms with Crippen molar-refractivity contribution in [2.75, 3.05) is 13.8 Å². The third-order valence-corrected chi connectivity index (χ3v) is 6.13. The van der Waals surface area contributed by atoms with Crippen molar-refractivity contribution in [1.29, 1.82) is 0 Å². The van der Waals surface area contributed by atoms with Crippen LogP contribution in [-0.4, -0.2) is 34.4 Å². The predicted molar refractivity (Wildman–Crippen MR) is 112 cm³/mol. The summed E-state index contributed by atoms with van der Waals surface area (Å²) in [6.45, 7) is 2.58. The summed E-state index contributed by atoms with van der Waals surface area (Å²) in [4.78, 5) is 16.2. The molecule has 30 heavy (non-hydrogen) atoms. The molecule has 2 aromatic heterocycles. The zero-order chi connectivity index (χ0) is 20.8. The molecule has 2 aromatic carbocycles. The molecule has 0 spiro atoms. The molecule has 0 saturated heterocycles. The van der Waals surface area contributed by atoms with E-state index in [1.165, 1.54) is 23.5 Å². The van der Waals surface area contributed by atoms with Crippen molar-refractivity contribution in [3.63, 3.8) is 0 Å². The summed E-state index contributed by atoms with van der Waals surface area (Å²) in [7, 11) is 1.77. The maximum absolute atomic E-state index is 13.3. The topological polar surface area (TPSA) is 56.6 Å². The molecule has 3 heterocycles. The molecule has 0 saturated carbocycles. The number of benzene rings is 2. The van der Waals surface area contributed by atoms with Gasteiger partial charge in [-0.15, -0.1) is 11.3 Å². The second kappa shape index (κ2) is 7.14. The molecule has 1 amide bonds. The van der Waals surface area contributed by atoms with E-state index in [0.717, 1.165) is 32.9 Å². The van der Waals surface area contributed by atoms with E-state index in [4.69, 9.17) is 9.47 Å². The SMILES string of the molecule is Cc1nn(-c2ccc(F)cc2)c2sc(C(=O)N(C)Cc3ccc4c(c3)OCO4)cc12. The lowest BCUT2D eigenvalue weighted by atomic mass is 10.2. The van der Waals surface area contributed by atoms with Gasteiger partial charge in [0.05, 0.1) is 16.3 Å². The van der Waals surface area contributed by atoms with Gasteiger partial charge in [-0.25, -0.2) is 9.07 Å². The normalized spacial score (nSPS) is 12.5. The number of halogens is 1. The second-order valence-electron chi connectivity index (χ2n) is 7.15. The monoisotopic (exact) mass is 423 g/mol. The Morgan fingerprint density at radius 3 is 2.73 bits per heavy atom. The number of carbonyl (C=O) groups is 1. The molecule has 6 nitrogen and oxygen atoms in total. The molecule has 0 N–H and O–H groups in total. The summed E-state index contributed by atoms with van der Waals surface area (Å²) in [6.07, 6.45) is 0. The third-order valence-electron chi connectivity index (χ3n) is 5.03. The van der Waals surface area contributed by atoms with Gasteiger partial charge in [-0.05, 0) is 55.0 Å².